The van der Waals surface area contributed by atoms with Crippen molar-refractivity contribution in [3.8, 4) is 0 Å². The maximum Gasteiger partial charge on any atom is 0.352 e. The lowest BCUT2D eigenvalue weighted by Gasteiger charge is -1.97. The standard InChI is InChI=1S/C12H11NO2/c14-12(15)11-7-9(8-4-5-8)10-3-1-2-6-13(10)11/h1-3,6-8H,4-5H2,(H,14,15). The van der Waals surface area contributed by atoms with Crippen LogP contribution in [0.4, 0.5) is 0 Å². The number of carbonyl (C=O) groups is 1. The molecule has 0 spiro atoms. The highest BCUT2D eigenvalue weighted by Crippen LogP contribution is 2.42. The lowest BCUT2D eigenvalue weighted by Crippen LogP contribution is -2.00. The number of rotatable bonds is 2. The molecule has 3 rings (SSSR count). The van der Waals surface area contributed by atoms with Gasteiger partial charge in [-0.05, 0) is 42.5 Å². The van der Waals surface area contributed by atoms with E-state index in [4.69, 9.17) is 5.11 Å². The Kier molecular flexibility index (Phi) is 1.63. The first-order valence-corrected chi connectivity index (χ1v) is 5.10. The van der Waals surface area contributed by atoms with Crippen LogP contribution in [0.15, 0.2) is 30.5 Å². The smallest absolute Gasteiger partial charge is 0.352 e. The molecule has 0 bridgehead atoms. The van der Waals surface area contributed by atoms with Crippen molar-refractivity contribution in [3.05, 3.63) is 41.7 Å². The number of carboxylic acid groups (broad SMARTS) is 1. The minimum Gasteiger partial charge on any atom is -0.477 e. The Morgan fingerprint density at radius 3 is 2.87 bits per heavy atom. The zero-order chi connectivity index (χ0) is 10.4. The lowest BCUT2D eigenvalue weighted by molar-refractivity contribution is 0.0689. The predicted molar refractivity (Wildman–Crippen MR) is 56.3 cm³/mol. The van der Waals surface area contributed by atoms with E-state index in [0.717, 1.165) is 5.52 Å². The Bertz CT molecular complexity index is 538. The topological polar surface area (TPSA) is 41.7 Å². The van der Waals surface area contributed by atoms with Crippen LogP contribution in [-0.4, -0.2) is 15.5 Å². The van der Waals surface area contributed by atoms with Crippen molar-refractivity contribution in [1.29, 1.82) is 0 Å². The molecular formula is C12H11NO2. The maximum atomic E-state index is 11.1. The summed E-state index contributed by atoms with van der Waals surface area (Å²) in [5, 5.41) is 9.08. The summed E-state index contributed by atoms with van der Waals surface area (Å²) in [6.45, 7) is 0. The number of aromatic nitrogens is 1. The van der Waals surface area contributed by atoms with Crippen molar-refractivity contribution in [3.63, 3.8) is 0 Å². The van der Waals surface area contributed by atoms with Gasteiger partial charge in [0.2, 0.25) is 0 Å². The van der Waals surface area contributed by atoms with E-state index in [1.165, 1.54) is 18.4 Å². The summed E-state index contributed by atoms with van der Waals surface area (Å²) in [5.41, 5.74) is 2.60. The average Bonchev–Trinajstić information content (AvgIpc) is 2.99. The van der Waals surface area contributed by atoms with E-state index < -0.39 is 5.97 Å². The summed E-state index contributed by atoms with van der Waals surface area (Å²) in [6, 6.07) is 7.61. The van der Waals surface area contributed by atoms with Crippen LogP contribution in [0.2, 0.25) is 0 Å². The van der Waals surface area contributed by atoms with Gasteiger partial charge in [0.1, 0.15) is 5.69 Å². The van der Waals surface area contributed by atoms with E-state index in [9.17, 15) is 4.79 Å². The fourth-order valence-electron chi connectivity index (χ4n) is 2.07. The number of hydrogen-bond acceptors (Lipinski definition) is 1. The summed E-state index contributed by atoms with van der Waals surface area (Å²) in [7, 11) is 0. The van der Waals surface area contributed by atoms with Crippen molar-refractivity contribution in [1.82, 2.24) is 4.40 Å². The fourth-order valence-corrected chi connectivity index (χ4v) is 2.07. The molecule has 2 heterocycles. The highest BCUT2D eigenvalue weighted by Gasteiger charge is 2.28. The zero-order valence-corrected chi connectivity index (χ0v) is 8.18. The van der Waals surface area contributed by atoms with Crippen LogP contribution in [-0.2, 0) is 0 Å². The maximum absolute atomic E-state index is 11.1. The zero-order valence-electron chi connectivity index (χ0n) is 8.18. The highest BCUT2D eigenvalue weighted by molar-refractivity contribution is 5.88. The summed E-state index contributed by atoms with van der Waals surface area (Å²) in [5.74, 6) is -0.279. The fraction of sp³-hybridized carbons (Fsp3) is 0.250. The van der Waals surface area contributed by atoms with Gasteiger partial charge in [-0.2, -0.15) is 0 Å². The molecular weight excluding hydrogens is 190 g/mol. The first-order chi connectivity index (χ1) is 7.27. The second-order valence-electron chi connectivity index (χ2n) is 4.02. The van der Waals surface area contributed by atoms with Crippen LogP contribution in [0.5, 0.6) is 0 Å². The molecule has 0 atom stereocenters. The van der Waals surface area contributed by atoms with Crippen molar-refractivity contribution < 1.29 is 9.90 Å². The van der Waals surface area contributed by atoms with E-state index >= 15 is 0 Å². The molecule has 15 heavy (non-hydrogen) atoms. The van der Waals surface area contributed by atoms with Crippen molar-refractivity contribution in [2.75, 3.05) is 0 Å². The van der Waals surface area contributed by atoms with Gasteiger partial charge >= 0.3 is 5.97 Å². The molecule has 76 valence electrons. The summed E-state index contributed by atoms with van der Waals surface area (Å²) in [6.07, 6.45) is 4.19. The molecule has 1 fully saturated rings. The van der Waals surface area contributed by atoms with Crippen LogP contribution < -0.4 is 0 Å². The molecule has 3 heteroatoms. The van der Waals surface area contributed by atoms with E-state index in [0.29, 0.717) is 11.6 Å². The van der Waals surface area contributed by atoms with Crippen molar-refractivity contribution >= 4 is 11.5 Å². The van der Waals surface area contributed by atoms with Crippen LogP contribution in [0.3, 0.4) is 0 Å². The first-order valence-electron chi connectivity index (χ1n) is 5.10. The molecule has 3 nitrogen and oxygen atoms in total. The molecule has 1 aliphatic carbocycles. The van der Waals surface area contributed by atoms with E-state index in [2.05, 4.69) is 0 Å². The van der Waals surface area contributed by atoms with Crippen LogP contribution in [0, 0.1) is 0 Å². The highest BCUT2D eigenvalue weighted by atomic mass is 16.4. The number of aromatic carboxylic acids is 1. The normalized spacial score (nSPS) is 15.7. The van der Waals surface area contributed by atoms with Gasteiger partial charge in [0.05, 0.1) is 0 Å². The van der Waals surface area contributed by atoms with Gasteiger partial charge in [-0.25, -0.2) is 4.79 Å². The van der Waals surface area contributed by atoms with E-state index in [1.54, 1.807) is 4.40 Å². The van der Waals surface area contributed by atoms with Gasteiger partial charge in [-0.3, -0.25) is 0 Å². The minimum atomic E-state index is -0.858. The third-order valence-corrected chi connectivity index (χ3v) is 2.94. The number of fused-ring (bicyclic) bond motifs is 1. The molecule has 0 unspecified atom stereocenters. The van der Waals surface area contributed by atoms with Gasteiger partial charge in [-0.15, -0.1) is 0 Å². The molecule has 1 N–H and O–H groups in total. The molecule has 0 saturated heterocycles. The Morgan fingerprint density at radius 2 is 2.20 bits per heavy atom. The monoisotopic (exact) mass is 201 g/mol. The summed E-state index contributed by atoms with van der Waals surface area (Å²) in [4.78, 5) is 11.1. The third kappa shape index (κ3) is 1.23. The Balaban J connectivity index is 2.32. The molecule has 0 aromatic carbocycles. The molecule has 1 saturated carbocycles. The Labute approximate surface area is 87.0 Å². The number of hydrogen-bond donors (Lipinski definition) is 1. The van der Waals surface area contributed by atoms with E-state index in [1.807, 2.05) is 30.5 Å². The van der Waals surface area contributed by atoms with Crippen molar-refractivity contribution in [2.45, 2.75) is 18.8 Å². The second kappa shape index (κ2) is 2.86. The number of carboxylic acids is 1. The number of nitrogens with zero attached hydrogens (tertiary/aromatic N) is 1. The second-order valence-corrected chi connectivity index (χ2v) is 4.02. The third-order valence-electron chi connectivity index (χ3n) is 2.94. The Hall–Kier alpha value is -1.77. The SMILES string of the molecule is O=C(O)c1cc(C2CC2)c2ccccn12. The Morgan fingerprint density at radius 1 is 1.40 bits per heavy atom. The molecule has 0 amide bonds. The van der Waals surface area contributed by atoms with Gasteiger partial charge in [0.15, 0.2) is 0 Å². The molecule has 2 aromatic heterocycles. The van der Waals surface area contributed by atoms with E-state index in [-0.39, 0.29) is 0 Å². The lowest BCUT2D eigenvalue weighted by atomic mass is 10.1. The average molecular weight is 201 g/mol. The van der Waals surface area contributed by atoms with Gasteiger partial charge < -0.3 is 9.51 Å². The number of pyridine rings is 1. The summed E-state index contributed by atoms with van der Waals surface area (Å²) >= 11 is 0. The van der Waals surface area contributed by atoms with Gasteiger partial charge in [-0.1, -0.05) is 6.07 Å². The van der Waals surface area contributed by atoms with Crippen molar-refractivity contribution in [2.24, 2.45) is 0 Å². The van der Waals surface area contributed by atoms with Gasteiger partial charge in [0, 0.05) is 11.7 Å². The van der Waals surface area contributed by atoms with Crippen LogP contribution >= 0.6 is 0 Å². The largest absolute Gasteiger partial charge is 0.477 e. The first kappa shape index (κ1) is 8.53. The minimum absolute atomic E-state index is 0.368. The van der Waals surface area contributed by atoms with Crippen LogP contribution in [0.25, 0.3) is 5.52 Å². The predicted octanol–water partition coefficient (Wildman–Crippen LogP) is 2.51. The molecule has 2 aromatic rings. The van der Waals surface area contributed by atoms with Gasteiger partial charge in [0.25, 0.3) is 0 Å². The quantitative estimate of drug-likeness (QED) is 0.811. The molecule has 0 radical (unpaired) electrons. The molecule has 1 aliphatic rings. The molecule has 0 aliphatic heterocycles. The summed E-state index contributed by atoms with van der Waals surface area (Å²) < 4.78 is 1.76. The van der Waals surface area contributed by atoms with Crippen LogP contribution in [0.1, 0.15) is 34.8 Å².